The third-order valence-corrected chi connectivity index (χ3v) is 7.84. The number of aromatic nitrogens is 1. The average molecular weight is 607 g/mol. The van der Waals surface area contributed by atoms with Gasteiger partial charge in [0.15, 0.2) is 18.0 Å². The molecule has 0 aliphatic carbocycles. The molecule has 246 valence electrons. The molecule has 4 atom stereocenters. The number of pyridine rings is 1. The Balaban J connectivity index is 2.14. The molecule has 1 aromatic heterocycles. The van der Waals surface area contributed by atoms with E-state index in [2.05, 4.69) is 27.9 Å². The first kappa shape index (κ1) is 38.6. The van der Waals surface area contributed by atoms with Crippen LogP contribution >= 0.6 is 0 Å². The van der Waals surface area contributed by atoms with E-state index < -0.39 is 35.8 Å². The quantitative estimate of drug-likeness (QED) is 0.0520. The van der Waals surface area contributed by atoms with Gasteiger partial charge in [0, 0.05) is 24.5 Å². The summed E-state index contributed by atoms with van der Waals surface area (Å²) in [6, 6.07) is 3.26. The van der Waals surface area contributed by atoms with E-state index in [1.807, 2.05) is 0 Å². The SMILES string of the molecule is CCCCCCCCCCCCCCCCCCNC(=O)C(O)C(C)(O)C(O)C(=O)NC(C)NCC(=O)c1cccnc1. The van der Waals surface area contributed by atoms with E-state index in [1.165, 1.54) is 83.2 Å². The molecule has 4 unspecified atom stereocenters. The van der Waals surface area contributed by atoms with Gasteiger partial charge in [0.25, 0.3) is 11.8 Å². The van der Waals surface area contributed by atoms with E-state index in [-0.39, 0.29) is 12.3 Å². The highest BCUT2D eigenvalue weighted by Gasteiger charge is 2.45. The summed E-state index contributed by atoms with van der Waals surface area (Å²) in [6.07, 6.45) is 18.1. The monoisotopic (exact) mass is 606 g/mol. The summed E-state index contributed by atoms with van der Waals surface area (Å²) in [5.41, 5.74) is -2.01. The van der Waals surface area contributed by atoms with Crippen LogP contribution in [0.2, 0.25) is 0 Å². The Morgan fingerprint density at radius 3 is 1.79 bits per heavy atom. The lowest BCUT2D eigenvalue weighted by molar-refractivity contribution is -0.169. The number of carbonyl (C=O) groups excluding carboxylic acids is 3. The molecule has 0 fully saturated rings. The van der Waals surface area contributed by atoms with Crippen LogP contribution in [-0.2, 0) is 9.59 Å². The highest BCUT2D eigenvalue weighted by atomic mass is 16.4. The summed E-state index contributed by atoms with van der Waals surface area (Å²) in [5.74, 6) is -2.09. The van der Waals surface area contributed by atoms with Crippen LogP contribution in [0.1, 0.15) is 134 Å². The number of carbonyl (C=O) groups is 3. The largest absolute Gasteiger partial charge is 0.384 e. The van der Waals surface area contributed by atoms with Gasteiger partial charge < -0.3 is 26.0 Å². The van der Waals surface area contributed by atoms with Crippen LogP contribution in [0.5, 0.6) is 0 Å². The molecule has 2 amide bonds. The highest BCUT2D eigenvalue weighted by Crippen LogP contribution is 2.17. The standard InChI is InChI=1S/C33H58N4O6/c1-4-5-6-7-8-9-10-11-12-13-14-15-16-17-18-19-23-35-31(41)29(39)33(3,43)30(40)32(42)37-26(2)36-25-28(38)27-21-20-22-34-24-27/h20-22,24,26,29-30,36,39-40,43H,4-19,23,25H2,1-3H3,(H,35,41)(H,37,42). The summed E-state index contributed by atoms with van der Waals surface area (Å²) >= 11 is 0. The number of aliphatic hydroxyl groups excluding tert-OH is 2. The van der Waals surface area contributed by atoms with Crippen molar-refractivity contribution in [1.29, 1.82) is 0 Å². The first-order chi connectivity index (χ1) is 20.6. The Hall–Kier alpha value is -2.40. The van der Waals surface area contributed by atoms with Crippen molar-refractivity contribution in [2.45, 2.75) is 147 Å². The van der Waals surface area contributed by atoms with Crippen LogP contribution in [0.15, 0.2) is 24.5 Å². The zero-order valence-electron chi connectivity index (χ0n) is 26.8. The van der Waals surface area contributed by atoms with E-state index in [4.69, 9.17) is 0 Å². The number of ketones is 1. The molecular formula is C33H58N4O6. The normalized spacial score (nSPS) is 14.8. The third kappa shape index (κ3) is 16.9. The zero-order valence-corrected chi connectivity index (χ0v) is 26.8. The summed E-state index contributed by atoms with van der Waals surface area (Å²) in [4.78, 5) is 40.9. The zero-order chi connectivity index (χ0) is 31.9. The van der Waals surface area contributed by atoms with Gasteiger partial charge in [0.05, 0.1) is 12.7 Å². The number of rotatable bonds is 26. The van der Waals surface area contributed by atoms with Gasteiger partial charge in [-0.2, -0.15) is 0 Å². The minimum absolute atomic E-state index is 0.0932. The van der Waals surface area contributed by atoms with E-state index in [0.29, 0.717) is 12.1 Å². The molecule has 0 bridgehead atoms. The second kappa shape index (κ2) is 23.0. The molecule has 6 N–H and O–H groups in total. The number of amides is 2. The van der Waals surface area contributed by atoms with Crippen LogP contribution in [0.25, 0.3) is 0 Å². The van der Waals surface area contributed by atoms with Gasteiger partial charge in [-0.3, -0.25) is 24.7 Å². The van der Waals surface area contributed by atoms with Crippen molar-refractivity contribution in [3.05, 3.63) is 30.1 Å². The average Bonchev–Trinajstić information content (AvgIpc) is 3.00. The molecule has 43 heavy (non-hydrogen) atoms. The number of aliphatic hydroxyl groups is 3. The Kier molecular flexibility index (Phi) is 20.7. The van der Waals surface area contributed by atoms with Crippen LogP contribution < -0.4 is 16.0 Å². The fourth-order valence-corrected chi connectivity index (χ4v) is 4.88. The maximum Gasteiger partial charge on any atom is 0.253 e. The first-order valence-corrected chi connectivity index (χ1v) is 16.4. The number of nitrogens with one attached hydrogen (secondary N) is 3. The van der Waals surface area contributed by atoms with Crippen molar-refractivity contribution in [3.8, 4) is 0 Å². The number of unbranched alkanes of at least 4 members (excludes halogenated alkanes) is 15. The molecule has 0 spiro atoms. The summed E-state index contributed by atoms with van der Waals surface area (Å²) in [6.45, 7) is 5.07. The van der Waals surface area contributed by atoms with Crippen LogP contribution in [0.3, 0.4) is 0 Å². The second-order valence-corrected chi connectivity index (χ2v) is 11.9. The Labute approximate surface area is 258 Å². The number of Topliss-reactive ketones (excluding diaryl/α,β-unsaturated/α-hetero) is 1. The first-order valence-electron chi connectivity index (χ1n) is 16.4. The van der Waals surface area contributed by atoms with Gasteiger partial charge >= 0.3 is 0 Å². The van der Waals surface area contributed by atoms with Gasteiger partial charge in [-0.15, -0.1) is 0 Å². The number of hydrogen-bond acceptors (Lipinski definition) is 8. The number of hydrogen-bond donors (Lipinski definition) is 6. The molecule has 10 heteroatoms. The summed E-state index contributed by atoms with van der Waals surface area (Å²) in [5, 5.41) is 39.2. The van der Waals surface area contributed by atoms with Crippen molar-refractivity contribution in [3.63, 3.8) is 0 Å². The molecule has 0 aliphatic heterocycles. The molecule has 1 aromatic rings. The highest BCUT2D eigenvalue weighted by molar-refractivity contribution is 5.97. The molecule has 1 heterocycles. The van der Waals surface area contributed by atoms with Crippen molar-refractivity contribution < 1.29 is 29.7 Å². The van der Waals surface area contributed by atoms with Gasteiger partial charge in [0.2, 0.25) is 0 Å². The second-order valence-electron chi connectivity index (χ2n) is 11.9. The van der Waals surface area contributed by atoms with Crippen molar-refractivity contribution in [2.75, 3.05) is 13.1 Å². The predicted octanol–water partition coefficient (Wildman–Crippen LogP) is 4.17. The van der Waals surface area contributed by atoms with Crippen molar-refractivity contribution in [2.24, 2.45) is 0 Å². The van der Waals surface area contributed by atoms with E-state index >= 15 is 0 Å². The Morgan fingerprint density at radius 1 is 0.814 bits per heavy atom. The van der Waals surface area contributed by atoms with Crippen LogP contribution in [0, 0.1) is 0 Å². The molecule has 0 saturated heterocycles. The minimum atomic E-state index is -2.42. The smallest absolute Gasteiger partial charge is 0.253 e. The minimum Gasteiger partial charge on any atom is -0.384 e. The van der Waals surface area contributed by atoms with Gasteiger partial charge in [-0.25, -0.2) is 0 Å². The predicted molar refractivity (Wildman–Crippen MR) is 169 cm³/mol. The lowest BCUT2D eigenvalue weighted by Gasteiger charge is -2.32. The summed E-state index contributed by atoms with van der Waals surface area (Å²) in [7, 11) is 0. The maximum absolute atomic E-state index is 12.5. The van der Waals surface area contributed by atoms with E-state index in [9.17, 15) is 29.7 Å². The van der Waals surface area contributed by atoms with Crippen molar-refractivity contribution in [1.82, 2.24) is 20.9 Å². The van der Waals surface area contributed by atoms with Crippen LogP contribution in [0.4, 0.5) is 0 Å². The van der Waals surface area contributed by atoms with Gasteiger partial charge in [-0.05, 0) is 32.4 Å². The fraction of sp³-hybridized carbons (Fsp3) is 0.758. The van der Waals surface area contributed by atoms with Gasteiger partial charge in [0.1, 0.15) is 5.60 Å². The topological polar surface area (TPSA) is 161 Å². The number of nitrogens with zero attached hydrogens (tertiary/aromatic N) is 1. The molecule has 0 saturated carbocycles. The molecule has 0 radical (unpaired) electrons. The molecule has 0 aliphatic rings. The fourth-order valence-electron chi connectivity index (χ4n) is 4.88. The molecule has 10 nitrogen and oxygen atoms in total. The lowest BCUT2D eigenvalue weighted by Crippen LogP contribution is -2.62. The maximum atomic E-state index is 12.5. The third-order valence-electron chi connectivity index (χ3n) is 7.84. The molecule has 1 rings (SSSR count). The van der Waals surface area contributed by atoms with Crippen molar-refractivity contribution >= 4 is 17.6 Å². The van der Waals surface area contributed by atoms with Crippen LogP contribution in [-0.4, -0.2) is 75.0 Å². The van der Waals surface area contributed by atoms with E-state index in [0.717, 1.165) is 32.6 Å². The Morgan fingerprint density at radius 2 is 1.30 bits per heavy atom. The molecular weight excluding hydrogens is 548 g/mol. The molecule has 0 aromatic carbocycles. The lowest BCUT2D eigenvalue weighted by atomic mass is 9.91. The van der Waals surface area contributed by atoms with E-state index in [1.54, 1.807) is 25.3 Å². The van der Waals surface area contributed by atoms with Gasteiger partial charge in [-0.1, -0.05) is 103 Å². The summed E-state index contributed by atoms with van der Waals surface area (Å²) < 4.78 is 0. The Bertz CT molecular complexity index is 899.